The SMILES string of the molecule is COC(=O)C1CCN(C(=O)C2CCCN(C)C2)CC1. The van der Waals surface area contributed by atoms with Crippen molar-refractivity contribution in [2.24, 2.45) is 11.8 Å². The summed E-state index contributed by atoms with van der Waals surface area (Å²) in [6, 6.07) is 0. The topological polar surface area (TPSA) is 49.9 Å². The second kappa shape index (κ2) is 6.37. The molecule has 0 aromatic rings. The van der Waals surface area contributed by atoms with E-state index in [0.29, 0.717) is 13.1 Å². The number of carbonyl (C=O) groups is 2. The Hall–Kier alpha value is -1.10. The van der Waals surface area contributed by atoms with E-state index in [1.54, 1.807) is 0 Å². The molecule has 1 unspecified atom stereocenters. The zero-order valence-electron chi connectivity index (χ0n) is 11.9. The van der Waals surface area contributed by atoms with Gasteiger partial charge in [0.25, 0.3) is 0 Å². The lowest BCUT2D eigenvalue weighted by atomic mass is 9.93. The Kier molecular flexibility index (Phi) is 4.80. The fourth-order valence-electron chi connectivity index (χ4n) is 3.13. The standard InChI is InChI=1S/C14H24N2O3/c1-15-7-3-4-12(10-15)13(17)16-8-5-11(6-9-16)14(18)19-2/h11-12H,3-10H2,1-2H3. The van der Waals surface area contributed by atoms with Crippen LogP contribution >= 0.6 is 0 Å². The molecule has 0 bridgehead atoms. The lowest BCUT2D eigenvalue weighted by Crippen LogP contribution is -2.47. The predicted molar refractivity (Wildman–Crippen MR) is 71.5 cm³/mol. The maximum absolute atomic E-state index is 12.4. The first-order chi connectivity index (χ1) is 9.11. The average molecular weight is 268 g/mol. The number of carbonyl (C=O) groups excluding carboxylic acids is 2. The highest BCUT2D eigenvalue weighted by Crippen LogP contribution is 2.23. The van der Waals surface area contributed by atoms with E-state index in [4.69, 9.17) is 4.74 Å². The van der Waals surface area contributed by atoms with Crippen molar-refractivity contribution in [1.29, 1.82) is 0 Å². The summed E-state index contributed by atoms with van der Waals surface area (Å²) in [5, 5.41) is 0. The molecule has 0 aromatic heterocycles. The molecule has 2 heterocycles. The number of rotatable bonds is 2. The highest BCUT2D eigenvalue weighted by Gasteiger charge is 2.32. The summed E-state index contributed by atoms with van der Waals surface area (Å²) in [5.41, 5.74) is 0. The fourth-order valence-corrected chi connectivity index (χ4v) is 3.13. The van der Waals surface area contributed by atoms with Gasteiger partial charge in [-0.25, -0.2) is 0 Å². The minimum absolute atomic E-state index is 0.0249. The molecule has 0 N–H and O–H groups in total. The van der Waals surface area contributed by atoms with Gasteiger partial charge in [-0.3, -0.25) is 9.59 Å². The van der Waals surface area contributed by atoms with Crippen molar-refractivity contribution in [3.05, 3.63) is 0 Å². The van der Waals surface area contributed by atoms with Crippen LogP contribution in [-0.2, 0) is 14.3 Å². The zero-order chi connectivity index (χ0) is 13.8. The van der Waals surface area contributed by atoms with Gasteiger partial charge in [-0.2, -0.15) is 0 Å². The number of nitrogens with zero attached hydrogens (tertiary/aromatic N) is 2. The van der Waals surface area contributed by atoms with Gasteiger partial charge in [-0.05, 0) is 39.3 Å². The molecule has 108 valence electrons. The summed E-state index contributed by atoms with van der Waals surface area (Å²) < 4.78 is 4.77. The second-order valence-electron chi connectivity index (χ2n) is 5.72. The van der Waals surface area contributed by atoms with E-state index >= 15 is 0 Å². The van der Waals surface area contributed by atoms with Crippen molar-refractivity contribution in [1.82, 2.24) is 9.80 Å². The molecule has 2 aliphatic heterocycles. The van der Waals surface area contributed by atoms with Crippen LogP contribution < -0.4 is 0 Å². The molecule has 19 heavy (non-hydrogen) atoms. The molecule has 2 fully saturated rings. The highest BCUT2D eigenvalue weighted by atomic mass is 16.5. The van der Waals surface area contributed by atoms with Crippen molar-refractivity contribution in [3.63, 3.8) is 0 Å². The average Bonchev–Trinajstić information content (AvgIpc) is 2.46. The molecule has 0 saturated carbocycles. The van der Waals surface area contributed by atoms with Crippen LogP contribution in [0.5, 0.6) is 0 Å². The van der Waals surface area contributed by atoms with Gasteiger partial charge < -0.3 is 14.5 Å². The zero-order valence-corrected chi connectivity index (χ0v) is 11.9. The minimum atomic E-state index is -0.135. The van der Waals surface area contributed by atoms with Crippen LogP contribution in [-0.4, -0.2) is 62.0 Å². The molecular weight excluding hydrogens is 244 g/mol. The molecule has 5 heteroatoms. The largest absolute Gasteiger partial charge is 0.469 e. The van der Waals surface area contributed by atoms with Gasteiger partial charge in [-0.1, -0.05) is 0 Å². The van der Waals surface area contributed by atoms with Crippen LogP contribution in [0, 0.1) is 11.8 Å². The third kappa shape index (κ3) is 3.47. The van der Waals surface area contributed by atoms with E-state index in [1.165, 1.54) is 7.11 Å². The second-order valence-corrected chi connectivity index (χ2v) is 5.72. The number of hydrogen-bond acceptors (Lipinski definition) is 4. The number of piperidine rings is 2. The lowest BCUT2D eigenvalue weighted by molar-refractivity contribution is -0.150. The lowest BCUT2D eigenvalue weighted by Gasteiger charge is -2.36. The Bertz CT molecular complexity index is 338. The molecule has 0 aromatic carbocycles. The Morgan fingerprint density at radius 1 is 1.05 bits per heavy atom. The molecule has 0 spiro atoms. The van der Waals surface area contributed by atoms with Crippen LogP contribution in [0.25, 0.3) is 0 Å². The molecule has 0 aliphatic carbocycles. The van der Waals surface area contributed by atoms with Gasteiger partial charge in [0, 0.05) is 19.6 Å². The van der Waals surface area contributed by atoms with Crippen LogP contribution in [0.4, 0.5) is 0 Å². The molecular formula is C14H24N2O3. The number of methoxy groups -OCH3 is 1. The molecule has 2 aliphatic rings. The summed E-state index contributed by atoms with van der Waals surface area (Å²) in [4.78, 5) is 28.0. The summed E-state index contributed by atoms with van der Waals surface area (Å²) in [6.45, 7) is 3.35. The van der Waals surface area contributed by atoms with E-state index in [0.717, 1.165) is 38.8 Å². The number of amides is 1. The maximum Gasteiger partial charge on any atom is 0.308 e. The van der Waals surface area contributed by atoms with Gasteiger partial charge in [-0.15, -0.1) is 0 Å². The van der Waals surface area contributed by atoms with Crippen LogP contribution in [0.2, 0.25) is 0 Å². The maximum atomic E-state index is 12.4. The normalized spacial score (nSPS) is 26.2. The van der Waals surface area contributed by atoms with Crippen LogP contribution in [0.3, 0.4) is 0 Å². The first-order valence-corrected chi connectivity index (χ1v) is 7.17. The highest BCUT2D eigenvalue weighted by molar-refractivity contribution is 5.80. The van der Waals surface area contributed by atoms with Crippen molar-refractivity contribution >= 4 is 11.9 Å². The Morgan fingerprint density at radius 2 is 1.74 bits per heavy atom. The predicted octanol–water partition coefficient (Wildman–Crippen LogP) is 0.740. The monoisotopic (exact) mass is 268 g/mol. The van der Waals surface area contributed by atoms with Crippen molar-refractivity contribution < 1.29 is 14.3 Å². The minimum Gasteiger partial charge on any atom is -0.469 e. The third-order valence-electron chi connectivity index (χ3n) is 4.31. The number of likely N-dealkylation sites (tertiary alicyclic amines) is 2. The molecule has 5 nitrogen and oxygen atoms in total. The summed E-state index contributed by atoms with van der Waals surface area (Å²) in [5.74, 6) is 0.260. The van der Waals surface area contributed by atoms with Gasteiger partial charge in [0.05, 0.1) is 18.9 Å². The van der Waals surface area contributed by atoms with E-state index in [-0.39, 0.29) is 23.7 Å². The molecule has 0 radical (unpaired) electrons. The molecule has 1 amide bonds. The first-order valence-electron chi connectivity index (χ1n) is 7.17. The van der Waals surface area contributed by atoms with E-state index < -0.39 is 0 Å². The van der Waals surface area contributed by atoms with E-state index in [2.05, 4.69) is 11.9 Å². The van der Waals surface area contributed by atoms with E-state index in [9.17, 15) is 9.59 Å². The number of hydrogen-bond donors (Lipinski definition) is 0. The Labute approximate surface area is 114 Å². The van der Waals surface area contributed by atoms with Crippen LogP contribution in [0.1, 0.15) is 25.7 Å². The van der Waals surface area contributed by atoms with Crippen LogP contribution in [0.15, 0.2) is 0 Å². The Balaban J connectivity index is 1.83. The molecule has 2 rings (SSSR count). The number of esters is 1. The van der Waals surface area contributed by atoms with Crippen molar-refractivity contribution in [2.75, 3.05) is 40.3 Å². The quantitative estimate of drug-likeness (QED) is 0.693. The van der Waals surface area contributed by atoms with Gasteiger partial charge in [0.1, 0.15) is 0 Å². The molecule has 2 saturated heterocycles. The number of ether oxygens (including phenoxy) is 1. The summed E-state index contributed by atoms with van der Waals surface area (Å²) in [7, 11) is 3.50. The van der Waals surface area contributed by atoms with Crippen molar-refractivity contribution in [2.45, 2.75) is 25.7 Å². The summed E-state index contributed by atoms with van der Waals surface area (Å²) >= 11 is 0. The Morgan fingerprint density at radius 3 is 2.32 bits per heavy atom. The smallest absolute Gasteiger partial charge is 0.308 e. The fraction of sp³-hybridized carbons (Fsp3) is 0.857. The van der Waals surface area contributed by atoms with Gasteiger partial charge in [0.2, 0.25) is 5.91 Å². The molecule has 1 atom stereocenters. The first kappa shape index (κ1) is 14.3. The summed E-state index contributed by atoms with van der Waals surface area (Å²) in [6.07, 6.45) is 3.58. The van der Waals surface area contributed by atoms with Gasteiger partial charge in [0.15, 0.2) is 0 Å². The van der Waals surface area contributed by atoms with Gasteiger partial charge >= 0.3 is 5.97 Å². The van der Waals surface area contributed by atoms with E-state index in [1.807, 2.05) is 4.90 Å². The van der Waals surface area contributed by atoms with Crippen molar-refractivity contribution in [3.8, 4) is 0 Å². The third-order valence-corrected chi connectivity index (χ3v) is 4.31.